The van der Waals surface area contributed by atoms with Crippen molar-refractivity contribution in [1.82, 2.24) is 15.0 Å². The average Bonchev–Trinajstić information content (AvgIpc) is 2.45. The molecule has 0 aliphatic rings. The highest BCUT2D eigenvalue weighted by Crippen LogP contribution is 2.07. The number of aryl methyl sites for hydroxylation is 1. The summed E-state index contributed by atoms with van der Waals surface area (Å²) in [5.41, 5.74) is 1.07. The molecule has 0 spiro atoms. The monoisotopic (exact) mass is 259 g/mol. The fourth-order valence-electron chi connectivity index (χ4n) is 1.52. The van der Waals surface area contributed by atoms with Gasteiger partial charge in [-0.15, -0.1) is 0 Å². The number of aromatic nitrogens is 3. The predicted molar refractivity (Wildman–Crippen MR) is 67.0 cm³/mol. The van der Waals surface area contributed by atoms with Gasteiger partial charge in [-0.3, -0.25) is 9.97 Å². The number of nitrogens with zero attached hydrogens (tertiary/aromatic N) is 3. The third-order valence-corrected chi connectivity index (χ3v) is 2.44. The fourth-order valence-corrected chi connectivity index (χ4v) is 1.52. The zero-order chi connectivity index (χ0) is 13.5. The van der Waals surface area contributed by atoms with E-state index in [1.165, 1.54) is 18.0 Å². The predicted octanol–water partition coefficient (Wildman–Crippen LogP) is 1.58. The quantitative estimate of drug-likeness (QED) is 0.793. The summed E-state index contributed by atoms with van der Waals surface area (Å²) in [6, 6.07) is 3.90. The molecule has 2 heterocycles. The van der Waals surface area contributed by atoms with Crippen LogP contribution in [0.5, 0.6) is 5.88 Å². The molecule has 0 atom stereocenters. The maximum absolute atomic E-state index is 10.7. The number of carbonyl (C=O) groups is 1. The third-order valence-electron chi connectivity index (χ3n) is 2.44. The van der Waals surface area contributed by atoms with E-state index in [-0.39, 0.29) is 11.6 Å². The molecule has 0 radical (unpaired) electrons. The largest absolute Gasteiger partial charge is 0.477 e. The van der Waals surface area contributed by atoms with Crippen molar-refractivity contribution in [3.63, 3.8) is 0 Å². The Balaban J connectivity index is 1.80. The fraction of sp³-hybridized carbons (Fsp3) is 0.231. The molecule has 0 aromatic carbocycles. The number of ether oxygens (including phenoxy) is 1. The highest BCUT2D eigenvalue weighted by molar-refractivity contribution is 5.84. The van der Waals surface area contributed by atoms with Crippen molar-refractivity contribution < 1.29 is 14.6 Å². The Hall–Kier alpha value is -2.50. The summed E-state index contributed by atoms with van der Waals surface area (Å²) >= 11 is 0. The van der Waals surface area contributed by atoms with Gasteiger partial charge in [-0.25, -0.2) is 9.78 Å². The van der Waals surface area contributed by atoms with Crippen LogP contribution in [0.4, 0.5) is 0 Å². The summed E-state index contributed by atoms with van der Waals surface area (Å²) < 4.78 is 5.37. The number of carboxylic acid groups (broad SMARTS) is 1. The van der Waals surface area contributed by atoms with Crippen molar-refractivity contribution >= 4 is 5.97 Å². The molecule has 19 heavy (non-hydrogen) atoms. The molecular formula is C13H13N3O3. The minimum Gasteiger partial charge on any atom is -0.477 e. The Bertz CT molecular complexity index is 546. The van der Waals surface area contributed by atoms with Gasteiger partial charge in [0.25, 0.3) is 0 Å². The number of rotatable bonds is 6. The van der Waals surface area contributed by atoms with E-state index in [9.17, 15) is 4.79 Å². The van der Waals surface area contributed by atoms with Gasteiger partial charge in [0.05, 0.1) is 19.0 Å². The van der Waals surface area contributed by atoms with Crippen LogP contribution in [0.3, 0.4) is 0 Å². The molecule has 0 amide bonds. The second kappa shape index (κ2) is 6.44. The zero-order valence-corrected chi connectivity index (χ0v) is 10.2. The minimum atomic E-state index is -1.12. The lowest BCUT2D eigenvalue weighted by Crippen LogP contribution is -2.05. The van der Waals surface area contributed by atoms with E-state index in [2.05, 4.69) is 15.0 Å². The van der Waals surface area contributed by atoms with E-state index < -0.39 is 5.97 Å². The number of pyridine rings is 1. The molecule has 2 aromatic rings. The molecule has 6 nitrogen and oxygen atoms in total. The Morgan fingerprint density at radius 3 is 2.74 bits per heavy atom. The van der Waals surface area contributed by atoms with Crippen LogP contribution >= 0.6 is 0 Å². The van der Waals surface area contributed by atoms with Gasteiger partial charge in [-0.1, -0.05) is 0 Å². The molecule has 2 rings (SSSR count). The lowest BCUT2D eigenvalue weighted by molar-refractivity contribution is 0.0688. The molecule has 98 valence electrons. The van der Waals surface area contributed by atoms with Gasteiger partial charge in [0.2, 0.25) is 5.88 Å². The molecule has 1 N–H and O–H groups in total. The molecule has 0 saturated heterocycles. The van der Waals surface area contributed by atoms with Crippen LogP contribution < -0.4 is 4.74 Å². The van der Waals surface area contributed by atoms with Crippen LogP contribution in [0.1, 0.15) is 22.5 Å². The SMILES string of the molecule is O=C(O)c1cncc(OCCCc2ccncc2)n1. The van der Waals surface area contributed by atoms with Crippen LogP contribution in [0.15, 0.2) is 36.9 Å². The molecule has 0 saturated carbocycles. The number of hydrogen-bond donors (Lipinski definition) is 1. The van der Waals surface area contributed by atoms with Crippen LogP contribution in [-0.4, -0.2) is 32.6 Å². The Labute approximate surface area is 110 Å². The van der Waals surface area contributed by atoms with Crippen LogP contribution in [-0.2, 0) is 6.42 Å². The Morgan fingerprint density at radius 2 is 2.00 bits per heavy atom. The topological polar surface area (TPSA) is 85.2 Å². The molecule has 0 bridgehead atoms. The first-order valence-electron chi connectivity index (χ1n) is 5.83. The Kier molecular flexibility index (Phi) is 4.39. The maximum Gasteiger partial charge on any atom is 0.356 e. The van der Waals surface area contributed by atoms with E-state index in [4.69, 9.17) is 9.84 Å². The van der Waals surface area contributed by atoms with E-state index in [0.29, 0.717) is 6.61 Å². The standard InChI is InChI=1S/C13H13N3O3/c17-13(18)11-8-15-9-12(16-11)19-7-1-2-10-3-5-14-6-4-10/h3-6,8-9H,1-2,7H2,(H,17,18). The Morgan fingerprint density at radius 1 is 1.21 bits per heavy atom. The minimum absolute atomic E-state index is 0.119. The number of carboxylic acids is 1. The number of hydrogen-bond acceptors (Lipinski definition) is 5. The van der Waals surface area contributed by atoms with E-state index in [1.807, 2.05) is 12.1 Å². The first-order chi connectivity index (χ1) is 9.25. The van der Waals surface area contributed by atoms with E-state index >= 15 is 0 Å². The molecule has 2 aromatic heterocycles. The molecule has 0 aliphatic carbocycles. The summed E-state index contributed by atoms with van der Waals surface area (Å²) in [5, 5.41) is 8.77. The number of aromatic carboxylic acids is 1. The average molecular weight is 259 g/mol. The van der Waals surface area contributed by atoms with Crippen LogP contribution in [0.2, 0.25) is 0 Å². The summed E-state index contributed by atoms with van der Waals surface area (Å²) in [7, 11) is 0. The van der Waals surface area contributed by atoms with Crippen molar-refractivity contribution in [1.29, 1.82) is 0 Å². The maximum atomic E-state index is 10.7. The first-order valence-corrected chi connectivity index (χ1v) is 5.83. The van der Waals surface area contributed by atoms with Crippen molar-refractivity contribution in [3.8, 4) is 5.88 Å². The van der Waals surface area contributed by atoms with Gasteiger partial charge in [-0.05, 0) is 30.5 Å². The lowest BCUT2D eigenvalue weighted by Gasteiger charge is -2.05. The summed E-state index contributed by atoms with van der Waals surface area (Å²) in [6.07, 6.45) is 7.76. The lowest BCUT2D eigenvalue weighted by atomic mass is 10.1. The second-order valence-corrected chi connectivity index (χ2v) is 3.86. The van der Waals surface area contributed by atoms with Crippen molar-refractivity contribution in [3.05, 3.63) is 48.2 Å². The van der Waals surface area contributed by atoms with Gasteiger partial charge < -0.3 is 9.84 Å². The van der Waals surface area contributed by atoms with Gasteiger partial charge >= 0.3 is 5.97 Å². The first kappa shape index (κ1) is 12.9. The normalized spacial score (nSPS) is 10.1. The molecule has 0 fully saturated rings. The smallest absolute Gasteiger partial charge is 0.356 e. The molecule has 0 aliphatic heterocycles. The van der Waals surface area contributed by atoms with Gasteiger partial charge in [0, 0.05) is 12.4 Å². The van der Waals surface area contributed by atoms with Crippen molar-refractivity contribution in [2.24, 2.45) is 0 Å². The van der Waals surface area contributed by atoms with Crippen molar-refractivity contribution in [2.45, 2.75) is 12.8 Å². The van der Waals surface area contributed by atoms with Gasteiger partial charge in [0.15, 0.2) is 5.69 Å². The zero-order valence-electron chi connectivity index (χ0n) is 10.2. The van der Waals surface area contributed by atoms with Gasteiger partial charge in [-0.2, -0.15) is 0 Å². The third kappa shape index (κ3) is 4.02. The van der Waals surface area contributed by atoms with Crippen LogP contribution in [0, 0.1) is 0 Å². The highest BCUT2D eigenvalue weighted by Gasteiger charge is 2.06. The van der Waals surface area contributed by atoms with E-state index in [0.717, 1.165) is 12.8 Å². The van der Waals surface area contributed by atoms with Gasteiger partial charge in [0.1, 0.15) is 0 Å². The van der Waals surface area contributed by atoms with Crippen LogP contribution in [0.25, 0.3) is 0 Å². The molecule has 0 unspecified atom stereocenters. The molecular weight excluding hydrogens is 246 g/mol. The van der Waals surface area contributed by atoms with Crippen molar-refractivity contribution in [2.75, 3.05) is 6.61 Å². The van der Waals surface area contributed by atoms with E-state index in [1.54, 1.807) is 12.4 Å². The molecule has 6 heteroatoms. The highest BCUT2D eigenvalue weighted by atomic mass is 16.5. The summed E-state index contributed by atoms with van der Waals surface area (Å²) in [6.45, 7) is 0.458. The second-order valence-electron chi connectivity index (χ2n) is 3.86. The summed E-state index contributed by atoms with van der Waals surface area (Å²) in [5.74, 6) is -0.885. The summed E-state index contributed by atoms with van der Waals surface area (Å²) in [4.78, 5) is 22.2.